The first-order valence-corrected chi connectivity index (χ1v) is 5.13. The molecule has 92 valence electrons. The molecule has 0 saturated carbocycles. The summed E-state index contributed by atoms with van der Waals surface area (Å²) in [5.41, 5.74) is 0.0180. The second-order valence-corrected chi connectivity index (χ2v) is 4.56. The van der Waals surface area contributed by atoms with Crippen molar-refractivity contribution < 1.29 is 14.3 Å². The Balaban J connectivity index is 2.87. The molecule has 0 radical (unpaired) electrons. The van der Waals surface area contributed by atoms with Crippen molar-refractivity contribution in [1.82, 2.24) is 5.01 Å². The van der Waals surface area contributed by atoms with Gasteiger partial charge in [-0.3, -0.25) is 0 Å². The van der Waals surface area contributed by atoms with Gasteiger partial charge in [-0.05, 0) is 38.5 Å². The van der Waals surface area contributed by atoms with E-state index in [1.807, 2.05) is 0 Å². The maximum atomic E-state index is 12.7. The maximum Gasteiger partial charge on any atom is 0.428 e. The van der Waals surface area contributed by atoms with Gasteiger partial charge in [-0.25, -0.2) is 9.18 Å². The van der Waals surface area contributed by atoms with Crippen molar-refractivity contribution in [2.24, 2.45) is 5.10 Å². The van der Waals surface area contributed by atoms with E-state index in [1.165, 1.54) is 30.5 Å². The van der Waals surface area contributed by atoms with Gasteiger partial charge in [-0.1, -0.05) is 12.1 Å². The average molecular weight is 238 g/mol. The molecule has 17 heavy (non-hydrogen) atoms. The van der Waals surface area contributed by atoms with E-state index >= 15 is 0 Å². The first-order chi connectivity index (χ1) is 7.80. The van der Waals surface area contributed by atoms with Crippen LogP contribution in [0.1, 0.15) is 26.3 Å². The number of carbonyl (C=O) groups is 1. The summed E-state index contributed by atoms with van der Waals surface area (Å²) in [6.07, 6.45) is 0.259. The molecule has 0 unspecified atom stereocenters. The molecule has 1 rings (SSSR count). The van der Waals surface area contributed by atoms with Crippen LogP contribution in [0.25, 0.3) is 0 Å². The van der Waals surface area contributed by atoms with Crippen LogP contribution in [0.5, 0.6) is 0 Å². The molecule has 0 spiro atoms. The van der Waals surface area contributed by atoms with Crippen LogP contribution in [-0.4, -0.2) is 28.0 Å². The van der Waals surface area contributed by atoms with E-state index in [0.717, 1.165) is 5.01 Å². The van der Waals surface area contributed by atoms with Crippen LogP contribution in [0, 0.1) is 5.82 Å². The minimum absolute atomic E-state index is 0.340. The summed E-state index contributed by atoms with van der Waals surface area (Å²) >= 11 is 0. The minimum atomic E-state index is -1.13. The third kappa shape index (κ3) is 3.86. The predicted octanol–water partition coefficient (Wildman–Crippen LogP) is 2.94. The molecule has 1 aromatic carbocycles. The molecule has 0 aliphatic heterocycles. The van der Waals surface area contributed by atoms with Crippen LogP contribution < -0.4 is 0 Å². The van der Waals surface area contributed by atoms with Gasteiger partial charge in [0.2, 0.25) is 0 Å². The van der Waals surface area contributed by atoms with Crippen molar-refractivity contribution in [1.29, 1.82) is 0 Å². The van der Waals surface area contributed by atoms with Crippen LogP contribution in [0.2, 0.25) is 0 Å². The van der Waals surface area contributed by atoms with E-state index in [0.29, 0.717) is 5.56 Å². The van der Waals surface area contributed by atoms with Crippen molar-refractivity contribution in [3.05, 3.63) is 35.6 Å². The summed E-state index contributed by atoms with van der Waals surface area (Å²) in [5, 5.41) is 13.8. The summed E-state index contributed by atoms with van der Waals surface area (Å²) in [5.74, 6) is -0.340. The minimum Gasteiger partial charge on any atom is -0.464 e. The lowest BCUT2D eigenvalue weighted by atomic mass is 10.1. The topological polar surface area (TPSA) is 52.9 Å². The Bertz CT molecular complexity index is 421. The van der Waals surface area contributed by atoms with Crippen LogP contribution in [-0.2, 0) is 0 Å². The average Bonchev–Trinajstić information content (AvgIpc) is 2.18. The van der Waals surface area contributed by atoms with Crippen molar-refractivity contribution in [2.75, 3.05) is 0 Å². The number of hydrogen-bond acceptors (Lipinski definition) is 2. The fraction of sp³-hybridized carbons (Fsp3) is 0.333. The zero-order chi connectivity index (χ0) is 13.1. The second kappa shape index (κ2) is 4.95. The van der Waals surface area contributed by atoms with Crippen molar-refractivity contribution in [3.63, 3.8) is 0 Å². The molecule has 0 atom stereocenters. The zero-order valence-corrected chi connectivity index (χ0v) is 10.0. The van der Waals surface area contributed by atoms with Gasteiger partial charge >= 0.3 is 6.09 Å². The van der Waals surface area contributed by atoms with Crippen molar-refractivity contribution in [2.45, 2.75) is 26.3 Å². The van der Waals surface area contributed by atoms with E-state index in [4.69, 9.17) is 5.11 Å². The van der Waals surface area contributed by atoms with Gasteiger partial charge in [0.05, 0.1) is 11.8 Å². The van der Waals surface area contributed by atoms with E-state index in [9.17, 15) is 9.18 Å². The lowest BCUT2D eigenvalue weighted by molar-refractivity contribution is 0.103. The third-order valence-corrected chi connectivity index (χ3v) is 2.01. The molecule has 4 nitrogen and oxygen atoms in total. The van der Waals surface area contributed by atoms with E-state index in [1.54, 1.807) is 20.8 Å². The van der Waals surface area contributed by atoms with Crippen LogP contribution in [0.4, 0.5) is 9.18 Å². The number of benzene rings is 1. The van der Waals surface area contributed by atoms with Gasteiger partial charge in [0, 0.05) is 0 Å². The highest BCUT2D eigenvalue weighted by molar-refractivity contribution is 5.80. The summed E-state index contributed by atoms with van der Waals surface area (Å²) in [4.78, 5) is 11.0. The Kier molecular flexibility index (Phi) is 3.83. The Labute approximate surface area is 99.4 Å². The molecule has 5 heteroatoms. The SMILES string of the molecule is CC(C)(C)N(/N=C/c1ccc(F)cc1)C(=O)O. The van der Waals surface area contributed by atoms with Gasteiger partial charge in [0.1, 0.15) is 5.82 Å². The number of carboxylic acid groups (broad SMARTS) is 1. The fourth-order valence-electron chi connectivity index (χ4n) is 1.18. The van der Waals surface area contributed by atoms with Crippen molar-refractivity contribution >= 4 is 12.3 Å². The highest BCUT2D eigenvalue weighted by Crippen LogP contribution is 2.13. The fourth-order valence-corrected chi connectivity index (χ4v) is 1.18. The number of amides is 1. The molecule has 0 saturated heterocycles. The first kappa shape index (κ1) is 13.2. The predicted molar refractivity (Wildman–Crippen MR) is 63.6 cm³/mol. The summed E-state index contributed by atoms with van der Waals surface area (Å²) in [7, 11) is 0. The molecule has 0 aliphatic rings. The maximum absolute atomic E-state index is 12.7. The quantitative estimate of drug-likeness (QED) is 0.636. The number of nitrogens with zero attached hydrogens (tertiary/aromatic N) is 2. The molecule has 0 fully saturated rings. The molecule has 1 N–H and O–H groups in total. The second-order valence-electron chi connectivity index (χ2n) is 4.56. The van der Waals surface area contributed by atoms with Gasteiger partial charge < -0.3 is 5.11 Å². The monoisotopic (exact) mass is 238 g/mol. The number of halogens is 1. The smallest absolute Gasteiger partial charge is 0.428 e. The van der Waals surface area contributed by atoms with Crippen LogP contribution >= 0.6 is 0 Å². The molecular weight excluding hydrogens is 223 g/mol. The number of hydrazone groups is 1. The zero-order valence-electron chi connectivity index (χ0n) is 10.0. The van der Waals surface area contributed by atoms with Gasteiger partial charge in [-0.2, -0.15) is 10.1 Å². The van der Waals surface area contributed by atoms with Crippen LogP contribution in [0.3, 0.4) is 0 Å². The molecular formula is C12H15FN2O2. The highest BCUT2D eigenvalue weighted by Gasteiger charge is 2.25. The van der Waals surface area contributed by atoms with E-state index in [2.05, 4.69) is 5.10 Å². The first-order valence-electron chi connectivity index (χ1n) is 5.13. The lowest BCUT2D eigenvalue weighted by Crippen LogP contribution is -2.41. The molecule has 0 bridgehead atoms. The van der Waals surface area contributed by atoms with Gasteiger partial charge in [0.25, 0.3) is 0 Å². The molecule has 0 aliphatic carbocycles. The summed E-state index contributed by atoms with van der Waals surface area (Å²) in [6.45, 7) is 5.22. The summed E-state index contributed by atoms with van der Waals surface area (Å²) < 4.78 is 12.7. The third-order valence-electron chi connectivity index (χ3n) is 2.01. The molecule has 1 aromatic rings. The Morgan fingerprint density at radius 1 is 1.35 bits per heavy atom. The molecule has 0 heterocycles. The molecule has 0 aromatic heterocycles. The van der Waals surface area contributed by atoms with Gasteiger partial charge in [-0.15, -0.1) is 0 Å². The largest absolute Gasteiger partial charge is 0.464 e. The van der Waals surface area contributed by atoms with E-state index < -0.39 is 11.6 Å². The standard InChI is InChI=1S/C12H15FN2O2/c1-12(2,3)15(11(16)17)14-8-9-4-6-10(13)7-5-9/h4-8H,1-3H3,(H,16,17)/b14-8+. The normalized spacial score (nSPS) is 11.8. The summed E-state index contributed by atoms with van der Waals surface area (Å²) in [6, 6.07) is 5.65. The van der Waals surface area contributed by atoms with Crippen LogP contribution in [0.15, 0.2) is 29.4 Å². The Morgan fingerprint density at radius 2 is 1.88 bits per heavy atom. The molecule has 1 amide bonds. The van der Waals surface area contributed by atoms with Gasteiger partial charge in [0.15, 0.2) is 0 Å². The highest BCUT2D eigenvalue weighted by atomic mass is 19.1. The Hall–Kier alpha value is -1.91. The Morgan fingerprint density at radius 3 is 2.29 bits per heavy atom. The lowest BCUT2D eigenvalue weighted by Gasteiger charge is -2.27. The number of rotatable bonds is 2. The van der Waals surface area contributed by atoms with E-state index in [-0.39, 0.29) is 5.82 Å². The number of hydrogen-bond donors (Lipinski definition) is 1. The van der Waals surface area contributed by atoms with Crippen molar-refractivity contribution in [3.8, 4) is 0 Å².